The summed E-state index contributed by atoms with van der Waals surface area (Å²) in [6, 6.07) is 7.17. The Kier molecular flexibility index (Phi) is 7.80. The van der Waals surface area contributed by atoms with Gasteiger partial charge in [-0.25, -0.2) is 28.2 Å². The number of nitrogens with zero attached hydrogens (tertiary/aromatic N) is 7. The maximum Gasteiger partial charge on any atom is 0.209 e. The van der Waals surface area contributed by atoms with Crippen LogP contribution in [0.5, 0.6) is 0 Å². The summed E-state index contributed by atoms with van der Waals surface area (Å²) in [5.74, 6) is 1.89. The molecule has 0 radical (unpaired) electrons. The molecule has 5 rings (SSSR count). The van der Waals surface area contributed by atoms with Crippen LogP contribution in [0.15, 0.2) is 24.4 Å². The van der Waals surface area contributed by atoms with E-state index < -0.39 is 10.0 Å². The molecule has 202 valence electrons. The van der Waals surface area contributed by atoms with E-state index in [-0.39, 0.29) is 17.5 Å². The molecule has 2 atom stereocenters. The van der Waals surface area contributed by atoms with Gasteiger partial charge in [0, 0.05) is 29.7 Å². The molecule has 0 bridgehead atoms. The Balaban J connectivity index is 1.29. The lowest BCUT2D eigenvalue weighted by molar-refractivity contribution is 0.120. The largest absolute Gasteiger partial charge is 0.355 e. The zero-order chi connectivity index (χ0) is 27.0. The summed E-state index contributed by atoms with van der Waals surface area (Å²) in [5, 5.41) is 20.3. The predicted octanol–water partition coefficient (Wildman–Crippen LogP) is 3.44. The number of fused-ring (bicyclic) bond motifs is 1. The first-order valence-corrected chi connectivity index (χ1v) is 15.2. The van der Waals surface area contributed by atoms with Crippen molar-refractivity contribution >= 4 is 50.2 Å². The van der Waals surface area contributed by atoms with Gasteiger partial charge in [0.25, 0.3) is 0 Å². The highest BCUT2D eigenvalue weighted by molar-refractivity contribution is 7.89. The molecule has 13 heteroatoms. The molecule has 0 amide bonds. The van der Waals surface area contributed by atoms with E-state index in [2.05, 4.69) is 26.0 Å². The SMILES string of the molecule is C[C@H](c1ccc(Cl)cc1Cl)n1nc(C#N)c2ncc(N3CC([C@H]4CCCN(CCCS(N)(=O)=O)C4)C3)nc21. The van der Waals surface area contributed by atoms with Crippen LogP contribution >= 0.6 is 23.2 Å². The van der Waals surface area contributed by atoms with E-state index in [0.717, 1.165) is 50.5 Å². The third-order valence-corrected chi connectivity index (χ3v) is 9.04. The molecular weight excluding hydrogens is 547 g/mol. The highest BCUT2D eigenvalue weighted by atomic mass is 35.5. The predicted molar refractivity (Wildman–Crippen MR) is 148 cm³/mol. The summed E-state index contributed by atoms with van der Waals surface area (Å²) in [6.45, 7) is 6.45. The number of likely N-dealkylation sites (tertiary alicyclic amines) is 1. The third kappa shape index (κ3) is 5.75. The fourth-order valence-corrected chi connectivity index (χ4v) is 6.63. The molecule has 2 aliphatic heterocycles. The lowest BCUT2D eigenvalue weighted by Crippen LogP contribution is -2.54. The average Bonchev–Trinajstić information content (AvgIpc) is 3.20. The second kappa shape index (κ2) is 10.9. The zero-order valence-corrected chi connectivity index (χ0v) is 23.4. The second-order valence-corrected chi connectivity index (χ2v) is 12.8. The number of halogens is 2. The number of nitrogens with two attached hydrogens (primary N) is 1. The van der Waals surface area contributed by atoms with E-state index >= 15 is 0 Å². The molecule has 1 aromatic carbocycles. The van der Waals surface area contributed by atoms with Gasteiger partial charge in [-0.15, -0.1) is 0 Å². The fourth-order valence-electron chi connectivity index (χ4n) is 5.54. The Morgan fingerprint density at radius 3 is 2.74 bits per heavy atom. The van der Waals surface area contributed by atoms with Crippen LogP contribution in [0.1, 0.15) is 43.5 Å². The molecular formula is C25H30Cl2N8O2S. The molecule has 0 spiro atoms. The summed E-state index contributed by atoms with van der Waals surface area (Å²) in [6.07, 6.45) is 4.57. The van der Waals surface area contributed by atoms with Crippen molar-refractivity contribution in [3.8, 4) is 6.07 Å². The van der Waals surface area contributed by atoms with Crippen molar-refractivity contribution in [2.45, 2.75) is 32.2 Å². The van der Waals surface area contributed by atoms with E-state index in [1.54, 1.807) is 23.0 Å². The van der Waals surface area contributed by atoms with Gasteiger partial charge in [-0.05, 0) is 68.8 Å². The number of rotatable bonds is 8. The lowest BCUT2D eigenvalue weighted by atomic mass is 9.80. The molecule has 0 unspecified atom stereocenters. The molecule has 2 fully saturated rings. The van der Waals surface area contributed by atoms with Crippen molar-refractivity contribution < 1.29 is 8.42 Å². The maximum absolute atomic E-state index is 11.2. The van der Waals surface area contributed by atoms with Gasteiger partial charge < -0.3 is 9.80 Å². The van der Waals surface area contributed by atoms with Gasteiger partial charge in [-0.1, -0.05) is 29.3 Å². The van der Waals surface area contributed by atoms with Gasteiger partial charge in [0.15, 0.2) is 11.3 Å². The first-order chi connectivity index (χ1) is 18.1. The summed E-state index contributed by atoms with van der Waals surface area (Å²) < 4.78 is 24.2. The van der Waals surface area contributed by atoms with Crippen molar-refractivity contribution in [3.63, 3.8) is 0 Å². The first-order valence-electron chi connectivity index (χ1n) is 12.7. The van der Waals surface area contributed by atoms with Crippen LogP contribution < -0.4 is 10.0 Å². The van der Waals surface area contributed by atoms with Crippen LogP contribution in [-0.4, -0.2) is 71.5 Å². The van der Waals surface area contributed by atoms with E-state index in [9.17, 15) is 13.7 Å². The third-order valence-electron chi connectivity index (χ3n) is 7.62. The Morgan fingerprint density at radius 2 is 2.03 bits per heavy atom. The Morgan fingerprint density at radius 1 is 1.24 bits per heavy atom. The smallest absolute Gasteiger partial charge is 0.209 e. The summed E-state index contributed by atoms with van der Waals surface area (Å²) in [7, 11) is -3.41. The van der Waals surface area contributed by atoms with Gasteiger partial charge >= 0.3 is 0 Å². The topological polar surface area (TPSA) is 134 Å². The molecule has 10 nitrogen and oxygen atoms in total. The molecule has 3 aromatic rings. The highest BCUT2D eigenvalue weighted by Crippen LogP contribution is 2.35. The van der Waals surface area contributed by atoms with Crippen LogP contribution in [-0.2, 0) is 10.0 Å². The maximum atomic E-state index is 11.2. The van der Waals surface area contributed by atoms with Crippen molar-refractivity contribution in [2.24, 2.45) is 17.0 Å². The van der Waals surface area contributed by atoms with Crippen molar-refractivity contribution in [1.29, 1.82) is 5.26 Å². The van der Waals surface area contributed by atoms with E-state index in [4.69, 9.17) is 33.3 Å². The normalized spacial score (nSPS) is 19.9. The van der Waals surface area contributed by atoms with Gasteiger partial charge in [-0.3, -0.25) is 0 Å². The number of primary sulfonamides is 1. The van der Waals surface area contributed by atoms with Gasteiger partial charge in [0.2, 0.25) is 10.0 Å². The minimum atomic E-state index is -3.41. The molecule has 38 heavy (non-hydrogen) atoms. The first kappa shape index (κ1) is 27.1. The van der Waals surface area contributed by atoms with Crippen LogP contribution in [0.25, 0.3) is 11.2 Å². The number of piperidine rings is 1. The van der Waals surface area contributed by atoms with Crippen LogP contribution in [0.3, 0.4) is 0 Å². The fraction of sp³-hybridized carbons (Fsp3) is 0.520. The van der Waals surface area contributed by atoms with Crippen LogP contribution in [0, 0.1) is 23.2 Å². The summed E-state index contributed by atoms with van der Waals surface area (Å²) in [5.41, 5.74) is 2.06. The molecule has 0 aliphatic carbocycles. The van der Waals surface area contributed by atoms with Crippen LogP contribution in [0.2, 0.25) is 10.0 Å². The number of sulfonamides is 1. The van der Waals surface area contributed by atoms with Crippen molar-refractivity contribution in [3.05, 3.63) is 45.7 Å². The quantitative estimate of drug-likeness (QED) is 0.431. The van der Waals surface area contributed by atoms with Crippen molar-refractivity contribution in [1.82, 2.24) is 24.6 Å². The van der Waals surface area contributed by atoms with Gasteiger partial charge in [-0.2, -0.15) is 10.4 Å². The minimum absolute atomic E-state index is 0.0272. The number of aromatic nitrogens is 4. The second-order valence-electron chi connectivity index (χ2n) is 10.2. The van der Waals surface area contributed by atoms with Gasteiger partial charge in [0.05, 0.1) is 18.0 Å². The number of hydrogen-bond acceptors (Lipinski definition) is 8. The standard InChI is InChI=1S/C25H30Cl2N8O2S/c1-16(20-6-5-19(26)10-21(20)27)35-25-24(22(11-28)32-35)30-12-23(31-25)34-14-18(15-34)17-4-2-7-33(13-17)8-3-9-38(29,36)37/h5-6,10,12,16-18H,2-4,7-9,13-15H2,1H3,(H2,29,36,37)/t16-,17+/m1/s1. The molecule has 2 N–H and O–H groups in total. The number of hydrogen-bond donors (Lipinski definition) is 1. The monoisotopic (exact) mass is 576 g/mol. The Hall–Kier alpha value is -2.49. The number of anilines is 1. The lowest BCUT2D eigenvalue weighted by Gasteiger charge is -2.47. The van der Waals surface area contributed by atoms with Crippen molar-refractivity contribution in [2.75, 3.05) is 43.4 Å². The van der Waals surface area contributed by atoms with Crippen LogP contribution in [0.4, 0.5) is 5.82 Å². The summed E-state index contributed by atoms with van der Waals surface area (Å²) in [4.78, 5) is 14.0. The molecule has 0 saturated carbocycles. The Labute approximate surface area is 232 Å². The summed E-state index contributed by atoms with van der Waals surface area (Å²) >= 11 is 12.5. The zero-order valence-electron chi connectivity index (χ0n) is 21.1. The van der Waals surface area contributed by atoms with E-state index in [1.807, 2.05) is 13.0 Å². The minimum Gasteiger partial charge on any atom is -0.355 e. The highest BCUT2D eigenvalue weighted by Gasteiger charge is 2.36. The number of nitriles is 1. The Bertz CT molecular complexity index is 1480. The van der Waals surface area contributed by atoms with E-state index in [1.165, 1.54) is 6.42 Å². The van der Waals surface area contributed by atoms with E-state index in [0.29, 0.717) is 39.5 Å². The molecule has 2 aliphatic rings. The molecule has 4 heterocycles. The number of benzene rings is 1. The van der Waals surface area contributed by atoms with Gasteiger partial charge in [0.1, 0.15) is 17.4 Å². The average molecular weight is 578 g/mol. The molecule has 2 saturated heterocycles. The molecule has 2 aromatic heterocycles.